The molecule has 1 atom stereocenters. The average molecular weight is 662 g/mol. The van der Waals surface area contributed by atoms with Crippen molar-refractivity contribution in [2.45, 2.75) is 66.5 Å². The van der Waals surface area contributed by atoms with Gasteiger partial charge in [0, 0.05) is 35.7 Å². The largest absolute Gasteiger partial charge is 0.478 e. The molecule has 2 N–H and O–H groups in total. The molecule has 0 aliphatic heterocycles. The SMILES string of the molecule is CCCc1nc2c(C)cc(C(=O)N[C@@H](CSC(=O)C(C)(C)C)Cc3ccccc3)cc2n1Cc1ccc(-c2ccccc2C(=O)O)cc1. The lowest BCUT2D eigenvalue weighted by Gasteiger charge is -2.21. The van der Waals surface area contributed by atoms with Gasteiger partial charge in [-0.25, -0.2) is 9.78 Å². The van der Waals surface area contributed by atoms with Gasteiger partial charge in [0.15, 0.2) is 5.12 Å². The maximum atomic E-state index is 13.9. The first kappa shape index (κ1) is 34.6. The molecule has 1 amide bonds. The summed E-state index contributed by atoms with van der Waals surface area (Å²) >= 11 is 1.27. The minimum atomic E-state index is -0.956. The van der Waals surface area contributed by atoms with Gasteiger partial charge in [-0.3, -0.25) is 9.59 Å². The molecule has 0 saturated heterocycles. The quantitative estimate of drug-likeness (QED) is 0.139. The Hall–Kier alpha value is -4.69. The molecule has 0 aliphatic carbocycles. The fourth-order valence-corrected chi connectivity index (χ4v) is 6.75. The molecule has 0 unspecified atom stereocenters. The van der Waals surface area contributed by atoms with Gasteiger partial charge in [0.1, 0.15) is 5.82 Å². The van der Waals surface area contributed by atoms with Crippen molar-refractivity contribution in [1.29, 1.82) is 0 Å². The summed E-state index contributed by atoms with van der Waals surface area (Å²) in [5.41, 5.74) is 6.68. The number of nitrogens with zero attached hydrogens (tertiary/aromatic N) is 2. The summed E-state index contributed by atoms with van der Waals surface area (Å²) in [7, 11) is 0. The molecular weight excluding hydrogens is 619 g/mol. The highest BCUT2D eigenvalue weighted by Gasteiger charge is 2.25. The van der Waals surface area contributed by atoms with Crippen LogP contribution in [0.3, 0.4) is 0 Å². The van der Waals surface area contributed by atoms with Crippen LogP contribution in [0.5, 0.6) is 0 Å². The number of fused-ring (bicyclic) bond motifs is 1. The third-order valence-electron chi connectivity index (χ3n) is 8.31. The number of aromatic carboxylic acids is 1. The molecule has 5 aromatic rings. The third-order valence-corrected chi connectivity index (χ3v) is 9.75. The average Bonchev–Trinajstić information content (AvgIpc) is 3.41. The number of imidazole rings is 1. The highest BCUT2D eigenvalue weighted by atomic mass is 32.2. The van der Waals surface area contributed by atoms with Crippen LogP contribution in [0.25, 0.3) is 22.2 Å². The number of thioether (sulfide) groups is 1. The number of aryl methyl sites for hydroxylation is 2. The number of carboxylic acids is 1. The Morgan fingerprint density at radius 2 is 1.60 bits per heavy atom. The molecule has 0 aliphatic rings. The first-order valence-electron chi connectivity index (χ1n) is 16.4. The van der Waals surface area contributed by atoms with E-state index in [1.807, 2.05) is 107 Å². The Bertz CT molecular complexity index is 1920. The molecule has 0 spiro atoms. The monoisotopic (exact) mass is 661 g/mol. The number of amides is 1. The molecular formula is C40H43N3O4S. The second-order valence-electron chi connectivity index (χ2n) is 13.3. The molecule has 1 aromatic heterocycles. The topological polar surface area (TPSA) is 101 Å². The Labute approximate surface area is 286 Å². The Kier molecular flexibility index (Phi) is 10.8. The van der Waals surface area contributed by atoms with Gasteiger partial charge in [-0.15, -0.1) is 0 Å². The number of rotatable bonds is 12. The van der Waals surface area contributed by atoms with E-state index in [0.717, 1.165) is 52.0 Å². The van der Waals surface area contributed by atoms with Gasteiger partial charge >= 0.3 is 5.97 Å². The second-order valence-corrected chi connectivity index (χ2v) is 14.3. The van der Waals surface area contributed by atoms with Crippen LogP contribution in [0.1, 0.15) is 77.3 Å². The molecule has 0 radical (unpaired) electrons. The maximum Gasteiger partial charge on any atom is 0.336 e. The molecule has 248 valence electrons. The van der Waals surface area contributed by atoms with Crippen LogP contribution in [0, 0.1) is 12.3 Å². The normalized spacial score (nSPS) is 12.2. The summed E-state index contributed by atoms with van der Waals surface area (Å²) in [5, 5.41) is 13.0. The lowest BCUT2D eigenvalue weighted by molar-refractivity contribution is -0.117. The van der Waals surface area contributed by atoms with E-state index in [-0.39, 0.29) is 22.6 Å². The summed E-state index contributed by atoms with van der Waals surface area (Å²) in [6.07, 6.45) is 2.33. The van der Waals surface area contributed by atoms with E-state index >= 15 is 0 Å². The van der Waals surface area contributed by atoms with Gasteiger partial charge in [-0.1, -0.05) is 112 Å². The molecule has 0 bridgehead atoms. The predicted octanol–water partition coefficient (Wildman–Crippen LogP) is 8.36. The summed E-state index contributed by atoms with van der Waals surface area (Å²) in [5.74, 6) is 0.287. The van der Waals surface area contributed by atoms with Crippen LogP contribution in [0.2, 0.25) is 0 Å². The van der Waals surface area contributed by atoms with Crippen molar-refractivity contribution in [3.8, 4) is 11.1 Å². The highest BCUT2D eigenvalue weighted by Crippen LogP contribution is 2.28. The lowest BCUT2D eigenvalue weighted by Crippen LogP contribution is -2.39. The van der Waals surface area contributed by atoms with E-state index in [2.05, 4.69) is 16.8 Å². The fraction of sp³-hybridized carbons (Fsp3) is 0.300. The molecule has 8 heteroatoms. The molecule has 0 fully saturated rings. The van der Waals surface area contributed by atoms with Crippen molar-refractivity contribution in [2.75, 3.05) is 5.75 Å². The molecule has 7 nitrogen and oxygen atoms in total. The number of carbonyl (C=O) groups excluding carboxylic acids is 2. The summed E-state index contributed by atoms with van der Waals surface area (Å²) in [6, 6.07) is 28.5. The number of carbonyl (C=O) groups is 3. The number of nitrogens with one attached hydrogen (secondary N) is 1. The predicted molar refractivity (Wildman–Crippen MR) is 195 cm³/mol. The van der Waals surface area contributed by atoms with Gasteiger partial charge in [-0.2, -0.15) is 0 Å². The molecule has 48 heavy (non-hydrogen) atoms. The summed E-state index contributed by atoms with van der Waals surface area (Å²) < 4.78 is 2.18. The van der Waals surface area contributed by atoms with Gasteiger partial charge in [-0.05, 0) is 65.8 Å². The number of aromatic nitrogens is 2. The molecule has 4 aromatic carbocycles. The molecule has 5 rings (SSSR count). The summed E-state index contributed by atoms with van der Waals surface area (Å²) in [6.45, 7) is 10.4. The first-order chi connectivity index (χ1) is 22.9. The van der Waals surface area contributed by atoms with Crippen molar-refractivity contribution >= 4 is 39.8 Å². The van der Waals surface area contributed by atoms with E-state index in [1.165, 1.54) is 11.8 Å². The van der Waals surface area contributed by atoms with Crippen molar-refractivity contribution in [3.63, 3.8) is 0 Å². The molecule has 1 heterocycles. The van der Waals surface area contributed by atoms with Crippen molar-refractivity contribution in [3.05, 3.63) is 125 Å². The van der Waals surface area contributed by atoms with E-state index < -0.39 is 11.4 Å². The second kappa shape index (κ2) is 15.0. The van der Waals surface area contributed by atoms with E-state index in [0.29, 0.717) is 29.8 Å². The number of hydrogen-bond acceptors (Lipinski definition) is 5. The molecule has 0 saturated carbocycles. The smallest absolute Gasteiger partial charge is 0.336 e. The van der Waals surface area contributed by atoms with Crippen LogP contribution in [-0.2, 0) is 24.2 Å². The van der Waals surface area contributed by atoms with Crippen molar-refractivity contribution in [2.24, 2.45) is 5.41 Å². The minimum Gasteiger partial charge on any atom is -0.478 e. The minimum absolute atomic E-state index is 0.0959. The number of hydrogen-bond donors (Lipinski definition) is 2. The zero-order chi connectivity index (χ0) is 34.4. The maximum absolute atomic E-state index is 13.9. The van der Waals surface area contributed by atoms with Gasteiger partial charge in [0.2, 0.25) is 0 Å². The van der Waals surface area contributed by atoms with Crippen LogP contribution in [0.4, 0.5) is 0 Å². The van der Waals surface area contributed by atoms with Gasteiger partial charge < -0.3 is 15.0 Å². The van der Waals surface area contributed by atoms with Crippen LogP contribution < -0.4 is 5.32 Å². The fourth-order valence-electron chi connectivity index (χ4n) is 5.77. The van der Waals surface area contributed by atoms with Gasteiger partial charge in [0.25, 0.3) is 5.91 Å². The standard InChI is InChI=1S/C40H43N3O4S/c1-6-12-35-42-36-26(2)21-30(37(44)41-31(22-27-13-8-7-9-14-27)25-48-39(47)40(3,4)5)23-34(36)43(35)24-28-17-19-29(20-18-28)32-15-10-11-16-33(32)38(45)46/h7-11,13-21,23,31H,6,12,22,24-25H2,1-5H3,(H,41,44)(H,45,46)/t31-/m1/s1. The van der Waals surface area contributed by atoms with Crippen LogP contribution in [-0.4, -0.2) is 43.4 Å². The Balaban J connectivity index is 1.43. The Morgan fingerprint density at radius 3 is 2.27 bits per heavy atom. The number of benzene rings is 4. The van der Waals surface area contributed by atoms with Crippen LogP contribution >= 0.6 is 11.8 Å². The Morgan fingerprint density at radius 1 is 0.917 bits per heavy atom. The van der Waals surface area contributed by atoms with E-state index in [4.69, 9.17) is 4.98 Å². The summed E-state index contributed by atoms with van der Waals surface area (Å²) in [4.78, 5) is 43.4. The van der Waals surface area contributed by atoms with Crippen molar-refractivity contribution < 1.29 is 19.5 Å². The number of carboxylic acid groups (broad SMARTS) is 1. The first-order valence-corrected chi connectivity index (χ1v) is 17.4. The van der Waals surface area contributed by atoms with Crippen molar-refractivity contribution in [1.82, 2.24) is 14.9 Å². The van der Waals surface area contributed by atoms with E-state index in [1.54, 1.807) is 12.1 Å². The highest BCUT2D eigenvalue weighted by molar-refractivity contribution is 8.13. The van der Waals surface area contributed by atoms with E-state index in [9.17, 15) is 19.5 Å². The van der Waals surface area contributed by atoms with Crippen LogP contribution in [0.15, 0.2) is 91.0 Å². The zero-order valence-corrected chi connectivity index (χ0v) is 29.1. The zero-order valence-electron chi connectivity index (χ0n) is 28.2. The van der Waals surface area contributed by atoms with Gasteiger partial charge in [0.05, 0.1) is 16.6 Å². The third kappa shape index (κ3) is 8.23. The lowest BCUT2D eigenvalue weighted by atomic mass is 9.98.